The zero-order valence-electron chi connectivity index (χ0n) is 8.26. The molecular formula is C11H15Cl2N. The van der Waals surface area contributed by atoms with Crippen molar-refractivity contribution >= 4 is 23.2 Å². The predicted octanol–water partition coefficient (Wildman–Crippen LogP) is 3.45. The second-order valence-corrected chi connectivity index (χ2v) is 4.17. The number of hydrogen-bond donors (Lipinski definition) is 1. The topological polar surface area (TPSA) is 12.0 Å². The van der Waals surface area contributed by atoms with Gasteiger partial charge in [-0.2, -0.15) is 0 Å². The molecule has 1 N–H and O–H groups in total. The fourth-order valence-corrected chi connectivity index (χ4v) is 1.40. The van der Waals surface area contributed by atoms with E-state index in [1.165, 1.54) is 5.56 Å². The SMILES string of the molecule is CCC(Cl)NCCc1ccc(Cl)cc1. The summed E-state index contributed by atoms with van der Waals surface area (Å²) < 4.78 is 0. The Kier molecular flexibility index (Phi) is 5.31. The predicted molar refractivity (Wildman–Crippen MR) is 63.1 cm³/mol. The number of alkyl halides is 1. The van der Waals surface area contributed by atoms with E-state index in [9.17, 15) is 0 Å². The van der Waals surface area contributed by atoms with E-state index in [0.717, 1.165) is 24.4 Å². The maximum atomic E-state index is 5.92. The molecule has 0 spiro atoms. The Morgan fingerprint density at radius 2 is 1.93 bits per heavy atom. The smallest absolute Gasteiger partial charge is 0.0822 e. The van der Waals surface area contributed by atoms with E-state index in [1.807, 2.05) is 24.3 Å². The van der Waals surface area contributed by atoms with Gasteiger partial charge in [0.1, 0.15) is 0 Å². The van der Waals surface area contributed by atoms with Gasteiger partial charge in [0.25, 0.3) is 0 Å². The van der Waals surface area contributed by atoms with Crippen molar-refractivity contribution in [1.82, 2.24) is 5.32 Å². The summed E-state index contributed by atoms with van der Waals surface area (Å²) in [7, 11) is 0. The largest absolute Gasteiger partial charge is 0.301 e. The van der Waals surface area contributed by atoms with Gasteiger partial charge in [-0.25, -0.2) is 0 Å². The van der Waals surface area contributed by atoms with Crippen LogP contribution in [-0.2, 0) is 6.42 Å². The maximum absolute atomic E-state index is 5.92. The van der Waals surface area contributed by atoms with Crippen LogP contribution in [0.25, 0.3) is 0 Å². The van der Waals surface area contributed by atoms with E-state index in [1.54, 1.807) is 0 Å². The molecule has 0 aliphatic heterocycles. The lowest BCUT2D eigenvalue weighted by molar-refractivity contribution is 0.624. The zero-order chi connectivity index (χ0) is 10.4. The average Bonchev–Trinajstić information content (AvgIpc) is 2.21. The van der Waals surface area contributed by atoms with Crippen molar-refractivity contribution in [2.45, 2.75) is 25.3 Å². The highest BCUT2D eigenvalue weighted by atomic mass is 35.5. The summed E-state index contributed by atoms with van der Waals surface area (Å²) in [5.41, 5.74) is 1.36. The minimum absolute atomic E-state index is 0.0855. The molecule has 0 aromatic heterocycles. The molecule has 0 aliphatic carbocycles. The number of benzene rings is 1. The molecule has 3 heteroatoms. The summed E-state index contributed by atoms with van der Waals surface area (Å²) >= 11 is 11.7. The summed E-state index contributed by atoms with van der Waals surface area (Å²) in [6.07, 6.45) is 1.93. The summed E-state index contributed by atoms with van der Waals surface area (Å²) in [6.45, 7) is 2.97. The number of hydrogen-bond acceptors (Lipinski definition) is 1. The van der Waals surface area contributed by atoms with Crippen LogP contribution in [0, 0.1) is 0 Å². The lowest BCUT2D eigenvalue weighted by Crippen LogP contribution is -2.25. The van der Waals surface area contributed by atoms with Crippen LogP contribution in [0.15, 0.2) is 24.3 Å². The van der Waals surface area contributed by atoms with Gasteiger partial charge in [0.15, 0.2) is 0 Å². The highest BCUT2D eigenvalue weighted by Gasteiger charge is 1.99. The molecule has 1 rings (SSSR count). The van der Waals surface area contributed by atoms with Crippen molar-refractivity contribution in [3.05, 3.63) is 34.9 Å². The Labute approximate surface area is 95.4 Å². The molecule has 78 valence electrons. The molecule has 0 saturated heterocycles. The van der Waals surface area contributed by atoms with Crippen molar-refractivity contribution in [3.63, 3.8) is 0 Å². The minimum Gasteiger partial charge on any atom is -0.301 e. The van der Waals surface area contributed by atoms with Crippen LogP contribution in [0.4, 0.5) is 0 Å². The Balaban J connectivity index is 2.28. The Hall–Kier alpha value is -0.240. The molecular weight excluding hydrogens is 217 g/mol. The molecule has 0 bridgehead atoms. The van der Waals surface area contributed by atoms with Gasteiger partial charge >= 0.3 is 0 Å². The fraction of sp³-hybridized carbons (Fsp3) is 0.455. The van der Waals surface area contributed by atoms with Gasteiger partial charge < -0.3 is 5.32 Å². The first-order valence-electron chi connectivity index (χ1n) is 4.84. The highest BCUT2D eigenvalue weighted by Crippen LogP contribution is 2.09. The molecule has 1 aromatic rings. The van der Waals surface area contributed by atoms with E-state index in [-0.39, 0.29) is 5.50 Å². The van der Waals surface area contributed by atoms with Crippen LogP contribution in [-0.4, -0.2) is 12.0 Å². The van der Waals surface area contributed by atoms with Crippen molar-refractivity contribution < 1.29 is 0 Å². The molecule has 0 radical (unpaired) electrons. The maximum Gasteiger partial charge on any atom is 0.0822 e. The lowest BCUT2D eigenvalue weighted by atomic mass is 10.1. The third kappa shape index (κ3) is 4.32. The standard InChI is InChI=1S/C11H15Cl2N/c1-2-11(13)14-8-7-9-3-5-10(12)6-4-9/h3-6,11,14H,2,7-8H2,1H3. The normalized spacial score (nSPS) is 12.8. The van der Waals surface area contributed by atoms with E-state index in [0.29, 0.717) is 0 Å². The van der Waals surface area contributed by atoms with Crippen molar-refractivity contribution in [2.75, 3.05) is 6.54 Å². The quantitative estimate of drug-likeness (QED) is 0.605. The highest BCUT2D eigenvalue weighted by molar-refractivity contribution is 6.30. The van der Waals surface area contributed by atoms with E-state index < -0.39 is 0 Å². The van der Waals surface area contributed by atoms with Gasteiger partial charge in [-0.05, 0) is 30.5 Å². The molecule has 0 fully saturated rings. The van der Waals surface area contributed by atoms with Crippen LogP contribution >= 0.6 is 23.2 Å². The van der Waals surface area contributed by atoms with Crippen LogP contribution in [0.3, 0.4) is 0 Å². The van der Waals surface area contributed by atoms with Gasteiger partial charge in [0, 0.05) is 11.6 Å². The minimum atomic E-state index is 0.0855. The van der Waals surface area contributed by atoms with Crippen LogP contribution < -0.4 is 5.32 Å². The van der Waals surface area contributed by atoms with Gasteiger partial charge in [-0.15, -0.1) is 11.6 Å². The molecule has 0 aliphatic rings. The molecule has 0 saturated carbocycles. The molecule has 0 amide bonds. The Bertz CT molecular complexity index is 258. The molecule has 14 heavy (non-hydrogen) atoms. The molecule has 1 atom stereocenters. The number of nitrogens with one attached hydrogen (secondary N) is 1. The fourth-order valence-electron chi connectivity index (χ4n) is 1.17. The number of halogens is 2. The summed E-state index contributed by atoms with van der Waals surface area (Å²) in [4.78, 5) is 0. The van der Waals surface area contributed by atoms with E-state index in [2.05, 4.69) is 12.2 Å². The average molecular weight is 232 g/mol. The third-order valence-corrected chi connectivity index (χ3v) is 2.77. The second-order valence-electron chi connectivity index (χ2n) is 3.21. The zero-order valence-corrected chi connectivity index (χ0v) is 9.78. The molecule has 0 heterocycles. The number of rotatable bonds is 5. The first kappa shape index (κ1) is 11.8. The van der Waals surface area contributed by atoms with Gasteiger partial charge in [0.2, 0.25) is 0 Å². The van der Waals surface area contributed by atoms with Gasteiger partial charge in [0.05, 0.1) is 5.50 Å². The third-order valence-electron chi connectivity index (χ3n) is 2.05. The van der Waals surface area contributed by atoms with Crippen LogP contribution in [0.2, 0.25) is 5.02 Å². The van der Waals surface area contributed by atoms with Crippen LogP contribution in [0.5, 0.6) is 0 Å². The first-order valence-corrected chi connectivity index (χ1v) is 5.65. The van der Waals surface area contributed by atoms with Crippen LogP contribution in [0.1, 0.15) is 18.9 Å². The Morgan fingerprint density at radius 3 is 2.50 bits per heavy atom. The monoisotopic (exact) mass is 231 g/mol. The van der Waals surface area contributed by atoms with Crippen molar-refractivity contribution in [3.8, 4) is 0 Å². The van der Waals surface area contributed by atoms with Gasteiger partial charge in [-0.3, -0.25) is 0 Å². The van der Waals surface area contributed by atoms with Gasteiger partial charge in [-0.1, -0.05) is 30.7 Å². The summed E-state index contributed by atoms with van der Waals surface area (Å²) in [6, 6.07) is 7.90. The van der Waals surface area contributed by atoms with Crippen molar-refractivity contribution in [1.29, 1.82) is 0 Å². The molecule has 1 nitrogen and oxygen atoms in total. The summed E-state index contributed by atoms with van der Waals surface area (Å²) in [5.74, 6) is 0. The van der Waals surface area contributed by atoms with E-state index >= 15 is 0 Å². The van der Waals surface area contributed by atoms with E-state index in [4.69, 9.17) is 23.2 Å². The van der Waals surface area contributed by atoms with Crippen molar-refractivity contribution in [2.24, 2.45) is 0 Å². The molecule has 1 unspecified atom stereocenters. The first-order chi connectivity index (χ1) is 6.72. The lowest BCUT2D eigenvalue weighted by Gasteiger charge is -2.08. The summed E-state index contributed by atoms with van der Waals surface area (Å²) in [5, 5.41) is 4.01. The Morgan fingerprint density at radius 1 is 1.29 bits per heavy atom. The second kappa shape index (κ2) is 6.28. The molecule has 1 aromatic carbocycles.